The van der Waals surface area contributed by atoms with Crippen molar-refractivity contribution in [1.29, 1.82) is 0 Å². The van der Waals surface area contributed by atoms with Crippen LogP contribution < -0.4 is 10.2 Å². The van der Waals surface area contributed by atoms with E-state index in [1.807, 2.05) is 6.92 Å². The number of allylic oxidation sites excluding steroid dienone is 2. The van der Waals surface area contributed by atoms with Crippen LogP contribution in [-0.2, 0) is 14.3 Å². The van der Waals surface area contributed by atoms with Crippen molar-refractivity contribution in [3.63, 3.8) is 0 Å². The summed E-state index contributed by atoms with van der Waals surface area (Å²) < 4.78 is 5.21. The summed E-state index contributed by atoms with van der Waals surface area (Å²) in [6.45, 7) is 2.41. The molecule has 2 aromatic carbocycles. The molecule has 4 aliphatic carbocycles. The van der Waals surface area contributed by atoms with Gasteiger partial charge in [0.1, 0.15) is 0 Å². The lowest BCUT2D eigenvalue weighted by Crippen LogP contribution is -2.40. The molecule has 6 atom stereocenters. The second-order valence-corrected chi connectivity index (χ2v) is 10.2. The van der Waals surface area contributed by atoms with E-state index in [9.17, 15) is 19.2 Å². The Hall–Kier alpha value is -3.74. The van der Waals surface area contributed by atoms with Gasteiger partial charge >= 0.3 is 5.97 Å². The fourth-order valence-corrected chi connectivity index (χ4v) is 6.28. The van der Waals surface area contributed by atoms with E-state index in [-0.39, 0.29) is 41.4 Å². The molecule has 3 fully saturated rings. The molecule has 184 valence electrons. The van der Waals surface area contributed by atoms with Gasteiger partial charge in [-0.25, -0.2) is 9.69 Å². The number of esters is 1. The summed E-state index contributed by atoms with van der Waals surface area (Å²) in [5, 5.41) is 2.81. The highest BCUT2D eigenvalue weighted by Gasteiger charge is 2.67. The number of anilines is 2. The molecule has 1 heterocycles. The average Bonchev–Trinajstić information content (AvgIpc) is 3.67. The van der Waals surface area contributed by atoms with Crippen LogP contribution in [-0.4, -0.2) is 30.3 Å². The number of unbranched alkanes of at least 4 members (excludes halogenated alkanes) is 1. The van der Waals surface area contributed by atoms with Crippen molar-refractivity contribution in [2.75, 3.05) is 16.8 Å². The van der Waals surface area contributed by atoms with Gasteiger partial charge in [0.05, 0.1) is 29.7 Å². The van der Waals surface area contributed by atoms with Crippen LogP contribution in [0.15, 0.2) is 60.7 Å². The number of amides is 3. The monoisotopic (exact) mass is 484 g/mol. The van der Waals surface area contributed by atoms with Crippen molar-refractivity contribution >= 4 is 35.1 Å². The van der Waals surface area contributed by atoms with E-state index >= 15 is 0 Å². The number of rotatable bonds is 7. The Morgan fingerprint density at radius 3 is 2.25 bits per heavy atom. The fraction of sp³-hybridized carbons (Fsp3) is 0.379. The van der Waals surface area contributed by atoms with Crippen LogP contribution in [0.4, 0.5) is 11.4 Å². The van der Waals surface area contributed by atoms with E-state index in [4.69, 9.17) is 4.74 Å². The van der Waals surface area contributed by atoms with Crippen LogP contribution in [0.25, 0.3) is 0 Å². The lowest BCUT2D eigenvalue weighted by Gasteiger charge is -2.37. The molecule has 0 aromatic heterocycles. The maximum absolute atomic E-state index is 13.4. The topological polar surface area (TPSA) is 92.8 Å². The zero-order valence-corrected chi connectivity index (χ0v) is 20.1. The minimum absolute atomic E-state index is 0.145. The van der Waals surface area contributed by atoms with E-state index < -0.39 is 5.97 Å². The third-order valence-corrected chi connectivity index (χ3v) is 8.14. The second kappa shape index (κ2) is 8.73. The van der Waals surface area contributed by atoms with Crippen LogP contribution in [0.2, 0.25) is 0 Å². The molecule has 0 unspecified atom stereocenters. The van der Waals surface area contributed by atoms with Crippen molar-refractivity contribution in [2.45, 2.75) is 26.2 Å². The van der Waals surface area contributed by atoms with Gasteiger partial charge in [0.25, 0.3) is 5.91 Å². The molecule has 1 saturated heterocycles. The first-order chi connectivity index (χ1) is 17.5. The Kier molecular flexibility index (Phi) is 5.51. The SMILES string of the molecule is CCCCOC(=O)c1ccc(NC(=O)c2cccc(N3C(=O)[C@@H]4[C@@H]5C=C[C@H]([C@H]6C[C@H]56)[C@@H]4C3=O)c2)cc1. The van der Waals surface area contributed by atoms with Crippen molar-refractivity contribution in [3.8, 4) is 0 Å². The number of ether oxygens (including phenoxy) is 1. The molecule has 3 amide bonds. The summed E-state index contributed by atoms with van der Waals surface area (Å²) in [6.07, 6.45) is 7.17. The number of imide groups is 1. The molecule has 2 aromatic rings. The molecular weight excluding hydrogens is 456 g/mol. The largest absolute Gasteiger partial charge is 0.462 e. The lowest BCUT2D eigenvalue weighted by molar-refractivity contribution is -0.124. The number of carbonyl (C=O) groups is 4. The van der Waals surface area contributed by atoms with Crippen LogP contribution in [0.1, 0.15) is 46.9 Å². The molecule has 7 heteroatoms. The molecule has 1 aliphatic heterocycles. The average molecular weight is 485 g/mol. The summed E-state index contributed by atoms with van der Waals surface area (Å²) in [5.74, 6) is -0.205. The molecule has 0 spiro atoms. The Morgan fingerprint density at radius 2 is 1.61 bits per heavy atom. The third-order valence-electron chi connectivity index (χ3n) is 8.14. The van der Waals surface area contributed by atoms with E-state index in [0.717, 1.165) is 19.3 Å². The Bertz CT molecular complexity index is 1250. The first-order valence-electron chi connectivity index (χ1n) is 12.7. The Labute approximate surface area is 209 Å². The van der Waals surface area contributed by atoms with Crippen LogP contribution in [0.3, 0.4) is 0 Å². The van der Waals surface area contributed by atoms with Gasteiger partial charge in [-0.05, 0) is 79.0 Å². The minimum atomic E-state index is -0.393. The van der Waals surface area contributed by atoms with Gasteiger partial charge in [0.2, 0.25) is 11.8 Å². The van der Waals surface area contributed by atoms with Crippen molar-refractivity contribution in [1.82, 2.24) is 0 Å². The number of nitrogens with one attached hydrogen (secondary N) is 1. The molecule has 7 nitrogen and oxygen atoms in total. The normalized spacial score (nSPS) is 29.1. The van der Waals surface area contributed by atoms with Gasteiger partial charge in [0, 0.05) is 11.3 Å². The predicted molar refractivity (Wildman–Crippen MR) is 133 cm³/mol. The molecule has 5 aliphatic rings. The van der Waals surface area contributed by atoms with E-state index in [1.54, 1.807) is 48.5 Å². The zero-order valence-electron chi connectivity index (χ0n) is 20.1. The number of carbonyl (C=O) groups excluding carboxylic acids is 4. The smallest absolute Gasteiger partial charge is 0.338 e. The molecule has 1 N–H and O–H groups in total. The number of benzene rings is 2. The summed E-state index contributed by atoms with van der Waals surface area (Å²) in [6, 6.07) is 13.1. The van der Waals surface area contributed by atoms with Crippen LogP contribution in [0, 0.1) is 35.5 Å². The van der Waals surface area contributed by atoms with Crippen molar-refractivity contribution in [3.05, 3.63) is 71.8 Å². The summed E-state index contributed by atoms with van der Waals surface area (Å²) in [4.78, 5) is 53.1. The van der Waals surface area contributed by atoms with E-state index in [1.165, 1.54) is 4.90 Å². The maximum atomic E-state index is 13.4. The number of hydrogen-bond donors (Lipinski definition) is 1. The summed E-state index contributed by atoms with van der Waals surface area (Å²) >= 11 is 0. The van der Waals surface area contributed by atoms with E-state index in [0.29, 0.717) is 40.9 Å². The van der Waals surface area contributed by atoms with Gasteiger partial charge in [-0.15, -0.1) is 0 Å². The maximum Gasteiger partial charge on any atom is 0.338 e. The predicted octanol–water partition coefficient (Wildman–Crippen LogP) is 4.45. The first-order valence-corrected chi connectivity index (χ1v) is 12.7. The quantitative estimate of drug-likeness (QED) is 0.271. The summed E-state index contributed by atoms with van der Waals surface area (Å²) in [5.41, 5.74) is 1.72. The number of nitrogens with zero attached hydrogens (tertiary/aromatic N) is 1. The standard InChI is InChI=1S/C29H28N2O5/c1-2-3-13-36-29(35)16-7-9-18(10-8-16)30-26(32)17-5-4-6-19(14-17)31-27(33)24-20-11-12-21(23-15-22(20)23)25(24)28(31)34/h4-12,14,20-25H,2-3,13,15H2,1H3,(H,30,32)/t20-,21-,22-,23-,24-,25+/m1/s1. The van der Waals surface area contributed by atoms with Gasteiger partial charge in [0.15, 0.2) is 0 Å². The van der Waals surface area contributed by atoms with Crippen molar-refractivity contribution in [2.24, 2.45) is 35.5 Å². The Morgan fingerprint density at radius 1 is 0.944 bits per heavy atom. The molecule has 36 heavy (non-hydrogen) atoms. The van der Waals surface area contributed by atoms with Gasteiger partial charge in [-0.3, -0.25) is 14.4 Å². The fourth-order valence-electron chi connectivity index (χ4n) is 6.28. The molecule has 7 rings (SSSR count). The van der Waals surface area contributed by atoms with Crippen LogP contribution in [0.5, 0.6) is 0 Å². The zero-order chi connectivity index (χ0) is 25.0. The third kappa shape index (κ3) is 3.65. The van der Waals surface area contributed by atoms with Crippen molar-refractivity contribution < 1.29 is 23.9 Å². The van der Waals surface area contributed by atoms with E-state index in [2.05, 4.69) is 17.5 Å². The molecule has 2 saturated carbocycles. The van der Waals surface area contributed by atoms with Gasteiger partial charge < -0.3 is 10.1 Å². The highest BCUT2D eigenvalue weighted by Crippen LogP contribution is 2.65. The van der Waals surface area contributed by atoms with Gasteiger partial charge in [-0.1, -0.05) is 31.6 Å². The number of hydrogen-bond acceptors (Lipinski definition) is 5. The van der Waals surface area contributed by atoms with Gasteiger partial charge in [-0.2, -0.15) is 0 Å². The molecule has 0 radical (unpaired) electrons. The first kappa shape index (κ1) is 22.7. The molecular formula is C29H28N2O5. The highest BCUT2D eigenvalue weighted by molar-refractivity contribution is 6.23. The lowest BCUT2D eigenvalue weighted by atomic mass is 9.63. The Balaban J connectivity index is 1.15. The molecule has 2 bridgehead atoms. The second-order valence-electron chi connectivity index (χ2n) is 10.2. The highest BCUT2D eigenvalue weighted by atomic mass is 16.5. The van der Waals surface area contributed by atoms with Crippen LogP contribution >= 0.6 is 0 Å². The minimum Gasteiger partial charge on any atom is -0.462 e. The summed E-state index contributed by atoms with van der Waals surface area (Å²) in [7, 11) is 0.